The zero-order chi connectivity index (χ0) is 102. The van der Waals surface area contributed by atoms with E-state index in [2.05, 4.69) is 115 Å². The molecule has 0 radical (unpaired) electrons. The second kappa shape index (κ2) is 68.0. The van der Waals surface area contributed by atoms with Crippen LogP contribution in [0.3, 0.4) is 0 Å². The van der Waals surface area contributed by atoms with Gasteiger partial charge in [-0.05, 0) is 85.5 Å². The Labute approximate surface area is 882 Å². The summed E-state index contributed by atoms with van der Waals surface area (Å²) < 4.78 is 93.2. The molecule has 0 amide bonds. The van der Waals surface area contributed by atoms with Gasteiger partial charge in [0.15, 0.2) is 79.8 Å². The van der Waals surface area contributed by atoms with E-state index in [0.29, 0.717) is 213 Å². The van der Waals surface area contributed by atoms with Crippen LogP contribution >= 0.6 is 168 Å². The van der Waals surface area contributed by atoms with Crippen LogP contribution in [-0.4, -0.2) is 540 Å². The Morgan fingerprint density at radius 2 is 0.279 bits per heavy atom. The molecule has 0 saturated carbocycles. The lowest BCUT2D eigenvalue weighted by Gasteiger charge is -2.50. The molecular formula is C77H154N21O28S14+7. The molecule has 21 saturated heterocycles. The van der Waals surface area contributed by atoms with Crippen LogP contribution in [0.15, 0.2) is 0 Å². The average molecular weight is 2270 g/mol. The second-order valence-electron chi connectivity index (χ2n) is 33.2. The van der Waals surface area contributed by atoms with Gasteiger partial charge in [-0.1, -0.05) is 0 Å². The van der Waals surface area contributed by atoms with Gasteiger partial charge >= 0.3 is 0 Å². The third-order valence-corrected chi connectivity index (χ3v) is 31.9. The molecule has 0 unspecified atom stereocenters. The first-order chi connectivity index (χ1) is 67.4. The van der Waals surface area contributed by atoms with Gasteiger partial charge in [-0.15, -0.1) is 0 Å². The highest BCUT2D eigenvalue weighted by Crippen LogP contribution is 2.42. The van der Waals surface area contributed by atoms with Gasteiger partial charge in [-0.3, -0.25) is 0 Å². The minimum Gasteiger partial charge on any atom is -0.387 e. The molecule has 812 valence electrons. The van der Waals surface area contributed by atoms with Crippen molar-refractivity contribution in [3.05, 3.63) is 0 Å². The van der Waals surface area contributed by atoms with E-state index in [1.165, 1.54) is 82.3 Å². The van der Waals surface area contributed by atoms with Crippen molar-refractivity contribution >= 4 is 204 Å². The Bertz CT molecular complexity index is 2970. The van der Waals surface area contributed by atoms with Crippen LogP contribution < -0.4 is 115 Å². The summed E-state index contributed by atoms with van der Waals surface area (Å²) in [6.45, 7) is 9.41. The maximum atomic E-state index is 12.7. The minimum atomic E-state index is -2.11. The van der Waals surface area contributed by atoms with Crippen LogP contribution in [0.25, 0.3) is 0 Å². The van der Waals surface area contributed by atoms with Gasteiger partial charge < -0.3 is 252 Å². The minimum absolute atomic E-state index is 0.0710. The van der Waals surface area contributed by atoms with Crippen molar-refractivity contribution in [1.29, 1.82) is 0 Å². The molecule has 0 spiro atoms. The summed E-state index contributed by atoms with van der Waals surface area (Å²) in [6.07, 6.45) is -63.4. The molecule has 49 N–H and O–H groups in total. The van der Waals surface area contributed by atoms with Crippen LogP contribution in [0.1, 0.15) is 0 Å². The first-order valence-corrected chi connectivity index (χ1v) is 57.8. The average Bonchev–Trinajstić information content (AvgIpc) is 0.796. The van der Waals surface area contributed by atoms with E-state index in [4.69, 9.17) is 152 Å². The summed E-state index contributed by atoms with van der Waals surface area (Å²) in [5, 5.41) is 223. The van der Waals surface area contributed by atoms with Crippen LogP contribution in [0.2, 0.25) is 0 Å². The number of rotatable bonds is 49. The lowest BCUT2D eigenvalue weighted by molar-refractivity contribution is -0.389. The SMILES string of the molecule is [NH3+]CCNC(=S)NCCSC[C@H]1O[C@@H]2O[C@H]3[C@H](O)[C@@H](O)[C@@H](O[C@H]4[C@H](O)[C@@H](O)[C@@H](O[C@H]5[C@H](O)[C@@H](O)[C@@H](O[C@H]6[C@H](O)[C@@H](O)[C@@H](O[C@H]7[C@H](O)[C@@H](O)[C@@H](O[C@H]8[C@H](O)[C@@H](O)[C@@H](O[C@H]1[C@H](O)[C@H]2O)O[C@@H]8CSCCNC(=S)NCC[NH3+])O[C@@H]7CSCCNC(=S)NCC[NH3+])O[C@@H]6CSCCNC(=S)NCC[NH3+])O[C@@H]5CSCCNC(=S)NCC[NH3+])O[C@@H]4CSCCNC(=S)NCC[NH3+])O[C@@H]3CSCCNC(=S)NCC[NH3+]. The first kappa shape index (κ1) is 124. The van der Waals surface area contributed by atoms with Crippen molar-refractivity contribution in [2.75, 3.05) is 218 Å². The molecule has 21 aliphatic heterocycles. The highest BCUT2D eigenvalue weighted by Gasteiger charge is 2.60. The largest absolute Gasteiger partial charge is 0.387 e. The Hall–Kier alpha value is -1.12. The molecule has 140 heavy (non-hydrogen) atoms. The molecule has 14 bridgehead atoms. The zero-order valence-corrected chi connectivity index (χ0v) is 89.5. The fourth-order valence-corrected chi connectivity index (χ4v) is 23.1. The van der Waals surface area contributed by atoms with Gasteiger partial charge in [-0.25, -0.2) is 0 Å². The Kier molecular flexibility index (Phi) is 60.3. The van der Waals surface area contributed by atoms with E-state index in [9.17, 15) is 71.5 Å². The lowest BCUT2D eigenvalue weighted by atomic mass is 9.95. The first-order valence-electron chi connectivity index (χ1n) is 46.8. The normalized spacial score (nSPS) is 35.2. The highest BCUT2D eigenvalue weighted by molar-refractivity contribution is 8.00. The number of thiocarbonyl (C=S) groups is 7. The van der Waals surface area contributed by atoms with Crippen molar-refractivity contribution in [3.63, 3.8) is 0 Å². The van der Waals surface area contributed by atoms with Crippen LogP contribution in [0, 0.1) is 0 Å². The zero-order valence-electron chi connectivity index (χ0n) is 78.1. The third-order valence-electron chi connectivity index (χ3n) is 22.5. The van der Waals surface area contributed by atoms with Crippen LogP contribution in [-0.2, 0) is 66.3 Å². The standard InChI is InChI=1S/C77H147N21O28S14/c78-1-8-85-71(127)92-15-22-134-29-36-57-43(99)50(106)64(113-36)121-58-37(30-135-23-16-93-72(128)86-9-2-79)115-66(52(108)45(58)101)123-60-39(32-137-25-18-95-74(130)88-11-4-81)117-68(54(110)47(60)103)125-62-41(34-139-27-20-97-76(132)90-13-6-83)119-70(56(112)49(62)105)126-63-42(35-140-28-21-98-77(133)91-14-7-84)118-69(55(111)48(63)104)124-61-40(33-138-26-19-96-75(131)89-12-5-82)116-67(53(109)46(61)102)122-59-38(114-65(120-57)51(107)44(59)100)31-136-24-17-94-73(129)87-10-3-80/h36-70,99-112H,1-35,78-84H2,(H2,85,92,127)(H2,86,93,128)(H2,87,94,129)(H2,88,95,130)(H2,89,96,131)(H2,90,97,132)(H2,91,98,133)/p+7/t36-,37-,38-,39-,40-,41-,42-,43-,44-,45-,46-,47-,48-,49-,50-,51-,52-,53-,54-,55-,56-,57-,58-,59-,60-,61-,62-,63-,64-,65-,66-,67-,68-,69-,70-/m1/s1. The van der Waals surface area contributed by atoms with Gasteiger partial charge in [0, 0.05) is 126 Å². The van der Waals surface area contributed by atoms with E-state index in [1.54, 1.807) is 0 Å². The molecule has 21 rings (SSSR count). The fraction of sp³-hybridized carbons (Fsp3) is 0.909. The number of quaternary nitrogens is 7. The van der Waals surface area contributed by atoms with Crippen molar-refractivity contribution in [1.82, 2.24) is 74.4 Å². The van der Waals surface area contributed by atoms with Gasteiger partial charge in [0.25, 0.3) is 0 Å². The molecule has 49 nitrogen and oxygen atoms in total. The molecule has 0 aromatic rings. The van der Waals surface area contributed by atoms with Crippen LogP contribution in [0.4, 0.5) is 0 Å². The number of hydrogen-bond acceptors (Lipinski definition) is 42. The topological polar surface area (TPSA) is 774 Å². The van der Waals surface area contributed by atoms with Gasteiger partial charge in [0.1, 0.15) is 128 Å². The van der Waals surface area contributed by atoms with E-state index in [-0.39, 0.29) is 40.3 Å². The summed E-state index contributed by atoms with van der Waals surface area (Å²) in [6, 6.07) is 0. The Morgan fingerprint density at radius 3 is 0.386 bits per heavy atom. The Morgan fingerprint density at radius 1 is 0.171 bits per heavy atom. The van der Waals surface area contributed by atoms with Crippen molar-refractivity contribution < 1.29 is 178 Å². The monoisotopic (exact) mass is 2270 g/mol. The summed E-state index contributed by atoms with van der Waals surface area (Å²) in [5.41, 5.74) is 27.0. The molecule has 35 atom stereocenters. The van der Waals surface area contributed by atoms with Crippen molar-refractivity contribution in [2.24, 2.45) is 0 Å². The molecule has 21 fully saturated rings. The molecule has 0 aromatic carbocycles. The number of aliphatic hydroxyl groups is 14. The quantitative estimate of drug-likeness (QED) is 0.0199. The van der Waals surface area contributed by atoms with Gasteiger partial charge in [-0.2, -0.15) is 82.3 Å². The summed E-state index contributed by atoms with van der Waals surface area (Å²) in [5.74, 6) is 1.83. The van der Waals surface area contributed by atoms with E-state index < -0.39 is 215 Å². The summed E-state index contributed by atoms with van der Waals surface area (Å²) in [4.78, 5) is 0. The third kappa shape index (κ3) is 40.2. The van der Waals surface area contributed by atoms with E-state index in [1.807, 2.05) is 0 Å². The van der Waals surface area contributed by atoms with Crippen LogP contribution in [0.5, 0.6) is 0 Å². The fourth-order valence-electron chi connectivity index (χ4n) is 15.2. The lowest BCUT2D eigenvalue weighted by Crippen LogP contribution is -2.68. The molecule has 21 aliphatic rings. The number of ether oxygens (including phenoxy) is 14. The second-order valence-corrected chi connectivity index (χ2v) is 44.1. The Balaban J connectivity index is 1.24. The molecular weight excluding hydrogens is 2120 g/mol. The number of nitrogens with one attached hydrogen (secondary N) is 14. The molecule has 63 heteroatoms. The summed E-state index contributed by atoms with van der Waals surface area (Å²) in [7, 11) is 0. The van der Waals surface area contributed by atoms with E-state index in [0.717, 1.165) is 0 Å². The number of thioether (sulfide) groups is 7. The molecule has 0 aliphatic carbocycles. The smallest absolute Gasteiger partial charge is 0.187 e. The number of hydrogen-bond donors (Lipinski definition) is 35. The molecule has 0 aromatic heterocycles. The predicted molar refractivity (Wildman–Crippen MR) is 555 cm³/mol. The summed E-state index contributed by atoms with van der Waals surface area (Å²) >= 11 is 47.4. The number of aliphatic hydroxyl groups excluding tert-OH is 14. The van der Waals surface area contributed by atoms with Crippen molar-refractivity contribution in [3.8, 4) is 0 Å². The van der Waals surface area contributed by atoms with E-state index >= 15 is 0 Å². The van der Waals surface area contributed by atoms with Gasteiger partial charge in [0.05, 0.1) is 134 Å². The highest BCUT2D eigenvalue weighted by atomic mass is 32.2. The van der Waals surface area contributed by atoms with Crippen molar-refractivity contribution in [2.45, 2.75) is 215 Å². The predicted octanol–water partition coefficient (Wildman–Crippen LogP) is -19.1. The maximum absolute atomic E-state index is 12.7. The molecule has 21 heterocycles. The maximum Gasteiger partial charge on any atom is 0.187 e. The van der Waals surface area contributed by atoms with Gasteiger partial charge in [0.2, 0.25) is 0 Å².